The monoisotopic (exact) mass is 492 g/mol. The molecule has 0 atom stereocenters. The van der Waals surface area contributed by atoms with Crippen LogP contribution in [0.5, 0.6) is 0 Å². The van der Waals surface area contributed by atoms with Crippen molar-refractivity contribution in [2.75, 3.05) is 18.4 Å². The molecule has 1 fully saturated rings. The van der Waals surface area contributed by atoms with Crippen LogP contribution < -0.4 is 10.8 Å². The summed E-state index contributed by atoms with van der Waals surface area (Å²) in [7, 11) is 2.48. The Balaban J connectivity index is 1.37. The number of nitrogens with zero attached hydrogens (tertiary/aromatic N) is 5. The van der Waals surface area contributed by atoms with Crippen molar-refractivity contribution < 1.29 is 8.42 Å². The number of fused-ring (bicyclic) bond motifs is 1. The van der Waals surface area contributed by atoms with Gasteiger partial charge in [0.2, 0.25) is 10.0 Å². The lowest BCUT2D eigenvalue weighted by Gasteiger charge is -2.31. The maximum atomic E-state index is 13.1. The normalized spacial score (nSPS) is 15.6. The summed E-state index contributed by atoms with van der Waals surface area (Å²) < 4.78 is 29.4. The Morgan fingerprint density at radius 1 is 1.12 bits per heavy atom. The van der Waals surface area contributed by atoms with E-state index < -0.39 is 10.0 Å². The second-order valence-electron chi connectivity index (χ2n) is 8.23. The highest BCUT2D eigenvalue weighted by molar-refractivity contribution is 7.89. The van der Waals surface area contributed by atoms with Crippen molar-refractivity contribution >= 4 is 46.4 Å². The lowest BCUT2D eigenvalue weighted by molar-refractivity contribution is 0.317. The second-order valence-corrected chi connectivity index (χ2v) is 10.5. The fourth-order valence-electron chi connectivity index (χ4n) is 4.21. The van der Waals surface area contributed by atoms with Crippen LogP contribution in [0.25, 0.3) is 5.65 Å². The van der Waals surface area contributed by atoms with Crippen molar-refractivity contribution in [3.63, 3.8) is 0 Å². The van der Waals surface area contributed by atoms with Crippen LogP contribution in [-0.4, -0.2) is 53.2 Å². The first-order chi connectivity index (χ1) is 16.4. The molecule has 5 rings (SSSR count). The van der Waals surface area contributed by atoms with Gasteiger partial charge in [0.25, 0.3) is 0 Å². The van der Waals surface area contributed by atoms with Crippen molar-refractivity contribution in [2.24, 2.45) is 0 Å². The van der Waals surface area contributed by atoms with Crippen LogP contribution in [0.15, 0.2) is 66.0 Å². The van der Waals surface area contributed by atoms with Gasteiger partial charge in [-0.2, -0.15) is 13.9 Å². The van der Waals surface area contributed by atoms with Gasteiger partial charge >= 0.3 is 0 Å². The Labute approximate surface area is 204 Å². The number of hydrogen-bond acceptors (Lipinski definition) is 6. The molecule has 8 nitrogen and oxygen atoms in total. The summed E-state index contributed by atoms with van der Waals surface area (Å²) in [5.74, 6) is 0.864. The molecule has 0 bridgehead atoms. The first-order valence-corrected chi connectivity index (χ1v) is 12.8. The fourth-order valence-corrected chi connectivity index (χ4v) is 6.18. The van der Waals surface area contributed by atoms with Crippen molar-refractivity contribution in [2.45, 2.75) is 30.2 Å². The zero-order chi connectivity index (χ0) is 23.7. The van der Waals surface area contributed by atoms with Crippen LogP contribution in [-0.2, 0) is 16.6 Å². The summed E-state index contributed by atoms with van der Waals surface area (Å²) >= 11 is 6.16. The van der Waals surface area contributed by atoms with Gasteiger partial charge in [0, 0.05) is 55.9 Å². The largest absolute Gasteiger partial charge is 0.366 e. The molecule has 0 aliphatic carbocycles. The Bertz CT molecular complexity index is 1420. The summed E-state index contributed by atoms with van der Waals surface area (Å²) in [6.07, 6.45) is 6.41. The SMILES string of the molecule is [B]c1cnn2c(NCc3cccnc3)cc(C3CCN(S(=O)(=O)c4ccccc4Cl)CC3)nc12. The maximum Gasteiger partial charge on any atom is 0.244 e. The van der Waals surface area contributed by atoms with Gasteiger partial charge in [-0.05, 0) is 42.1 Å². The highest BCUT2D eigenvalue weighted by Crippen LogP contribution is 2.32. The number of hydrogen-bond donors (Lipinski definition) is 1. The maximum absolute atomic E-state index is 13.1. The molecule has 11 heteroatoms. The van der Waals surface area contributed by atoms with Crippen LogP contribution in [0, 0.1) is 0 Å². The summed E-state index contributed by atoms with van der Waals surface area (Å²) in [4.78, 5) is 9.06. The molecule has 0 spiro atoms. The Hall–Kier alpha value is -2.95. The van der Waals surface area contributed by atoms with E-state index in [1.165, 1.54) is 4.31 Å². The highest BCUT2D eigenvalue weighted by Gasteiger charge is 2.32. The third-order valence-electron chi connectivity index (χ3n) is 6.04. The van der Waals surface area contributed by atoms with Gasteiger partial charge in [0.15, 0.2) is 0 Å². The molecule has 3 aromatic heterocycles. The number of rotatable bonds is 6. The predicted molar refractivity (Wildman–Crippen MR) is 132 cm³/mol. The second kappa shape index (κ2) is 9.36. The number of pyridine rings is 1. The number of sulfonamides is 1. The van der Waals surface area contributed by atoms with E-state index in [1.807, 2.05) is 18.2 Å². The summed E-state index contributed by atoms with van der Waals surface area (Å²) in [5, 5.41) is 7.99. The number of aromatic nitrogens is 4. The summed E-state index contributed by atoms with van der Waals surface area (Å²) in [6.45, 7) is 1.34. The molecule has 1 aromatic carbocycles. The molecule has 1 saturated heterocycles. The smallest absolute Gasteiger partial charge is 0.244 e. The summed E-state index contributed by atoms with van der Waals surface area (Å²) in [6, 6.07) is 12.4. The zero-order valence-electron chi connectivity index (χ0n) is 18.3. The third-order valence-corrected chi connectivity index (χ3v) is 8.44. The Kier molecular flexibility index (Phi) is 6.29. The van der Waals surface area contributed by atoms with Crippen molar-refractivity contribution in [1.29, 1.82) is 0 Å². The average Bonchev–Trinajstić information content (AvgIpc) is 3.24. The standard InChI is InChI=1S/C23H22BClN6O2S/c24-18-15-28-31-22(27-14-16-4-3-9-26-13-16)12-20(29-23(18)31)17-7-10-30(11-8-17)34(32,33)21-6-2-1-5-19(21)25/h1-6,9,12-13,15,17,27H,7-8,10-11,14H2. The van der Waals surface area contributed by atoms with Gasteiger partial charge < -0.3 is 5.32 Å². The number of piperidine rings is 1. The number of benzene rings is 1. The van der Waals surface area contributed by atoms with E-state index in [4.69, 9.17) is 24.4 Å². The van der Waals surface area contributed by atoms with Crippen LogP contribution in [0.2, 0.25) is 5.02 Å². The molecule has 34 heavy (non-hydrogen) atoms. The lowest BCUT2D eigenvalue weighted by atomic mass is 9.94. The van der Waals surface area contributed by atoms with Gasteiger partial charge in [0.05, 0.1) is 5.02 Å². The zero-order valence-corrected chi connectivity index (χ0v) is 19.9. The molecule has 4 aromatic rings. The molecule has 4 heterocycles. The van der Waals surface area contributed by atoms with Gasteiger partial charge in [-0.25, -0.2) is 13.4 Å². The summed E-state index contributed by atoms with van der Waals surface area (Å²) in [5.41, 5.74) is 2.97. The Morgan fingerprint density at radius 2 is 1.91 bits per heavy atom. The predicted octanol–water partition coefficient (Wildman–Crippen LogP) is 2.75. The first-order valence-electron chi connectivity index (χ1n) is 10.9. The highest BCUT2D eigenvalue weighted by atomic mass is 35.5. The van der Waals surface area contributed by atoms with E-state index >= 15 is 0 Å². The minimum absolute atomic E-state index is 0.0935. The van der Waals surface area contributed by atoms with E-state index in [0.29, 0.717) is 43.6 Å². The molecule has 1 aliphatic rings. The van der Waals surface area contributed by atoms with Crippen LogP contribution in [0.3, 0.4) is 0 Å². The third kappa shape index (κ3) is 4.40. The lowest BCUT2D eigenvalue weighted by Crippen LogP contribution is -2.38. The Morgan fingerprint density at radius 3 is 2.65 bits per heavy atom. The van der Waals surface area contributed by atoms with Crippen LogP contribution >= 0.6 is 11.6 Å². The van der Waals surface area contributed by atoms with E-state index in [0.717, 1.165) is 17.1 Å². The van der Waals surface area contributed by atoms with Crippen LogP contribution in [0.4, 0.5) is 5.82 Å². The molecule has 0 amide bonds. The molecule has 1 N–H and O–H groups in total. The van der Waals surface area contributed by atoms with E-state index in [2.05, 4.69) is 15.4 Å². The van der Waals surface area contributed by atoms with E-state index in [9.17, 15) is 8.42 Å². The fraction of sp³-hybridized carbons (Fsp3) is 0.261. The van der Waals surface area contributed by atoms with Gasteiger partial charge in [-0.3, -0.25) is 4.98 Å². The number of halogens is 1. The van der Waals surface area contributed by atoms with Gasteiger partial charge in [0.1, 0.15) is 24.2 Å². The minimum atomic E-state index is -3.65. The molecule has 2 radical (unpaired) electrons. The molecule has 172 valence electrons. The molecule has 1 aliphatic heterocycles. The topological polar surface area (TPSA) is 92.5 Å². The van der Waals surface area contributed by atoms with Crippen molar-refractivity contribution in [3.8, 4) is 0 Å². The van der Waals surface area contributed by atoms with Crippen LogP contribution in [0.1, 0.15) is 30.0 Å². The van der Waals surface area contributed by atoms with Crippen molar-refractivity contribution in [1.82, 2.24) is 23.9 Å². The number of nitrogens with one attached hydrogen (secondary N) is 1. The number of anilines is 1. The quantitative estimate of drug-likeness (QED) is 0.416. The van der Waals surface area contributed by atoms with E-state index in [1.54, 1.807) is 47.4 Å². The molecule has 0 unspecified atom stereocenters. The van der Waals surface area contributed by atoms with Gasteiger partial charge in [-0.15, -0.1) is 0 Å². The minimum Gasteiger partial charge on any atom is -0.366 e. The molecular weight excluding hydrogens is 471 g/mol. The average molecular weight is 493 g/mol. The molecular formula is C23H22BClN6O2S. The van der Waals surface area contributed by atoms with Crippen molar-refractivity contribution in [3.05, 3.63) is 77.3 Å². The first kappa shape index (κ1) is 22.8. The molecule has 0 saturated carbocycles. The van der Waals surface area contributed by atoms with E-state index in [-0.39, 0.29) is 15.8 Å². The van der Waals surface area contributed by atoms with Gasteiger partial charge in [-0.1, -0.05) is 29.8 Å².